The molecule has 1 aliphatic rings. The molecule has 2 amide bonds. The van der Waals surface area contributed by atoms with Crippen LogP contribution < -0.4 is 10.2 Å². The highest BCUT2D eigenvalue weighted by Gasteiger charge is 2.34. The number of carbonyl (C=O) groups excluding carboxylic acids is 1. The molecule has 0 atom stereocenters. The molecule has 0 spiro atoms. The van der Waals surface area contributed by atoms with Crippen molar-refractivity contribution in [3.8, 4) is 0 Å². The molecule has 0 unspecified atom stereocenters. The molecule has 0 bridgehead atoms. The molecule has 2 aromatic carbocycles. The van der Waals surface area contributed by atoms with Gasteiger partial charge in [-0.05, 0) is 18.2 Å². The summed E-state index contributed by atoms with van der Waals surface area (Å²) >= 11 is 0. The Labute approximate surface area is 169 Å². The summed E-state index contributed by atoms with van der Waals surface area (Å²) in [6, 6.07) is 8.02. The lowest BCUT2D eigenvalue weighted by atomic mass is 10.1. The van der Waals surface area contributed by atoms with Crippen molar-refractivity contribution in [1.82, 2.24) is 10.2 Å². The van der Waals surface area contributed by atoms with E-state index in [-0.39, 0.29) is 38.4 Å². The molecule has 1 aliphatic heterocycles. The molecule has 0 radical (unpaired) electrons. The number of rotatable bonds is 4. The van der Waals surface area contributed by atoms with Crippen LogP contribution in [-0.2, 0) is 12.7 Å². The van der Waals surface area contributed by atoms with E-state index in [0.29, 0.717) is 11.6 Å². The molecule has 1 fully saturated rings. The third-order valence-electron chi connectivity index (χ3n) is 4.79. The Morgan fingerprint density at radius 2 is 1.77 bits per heavy atom. The first-order chi connectivity index (χ1) is 14.2. The zero-order valence-electron chi connectivity index (χ0n) is 15.7. The Hall–Kier alpha value is -3.37. The largest absolute Gasteiger partial charge is 0.416 e. The lowest BCUT2D eigenvalue weighted by Gasteiger charge is -2.35. The number of amides is 2. The van der Waals surface area contributed by atoms with E-state index in [2.05, 4.69) is 5.32 Å². The Morgan fingerprint density at radius 3 is 2.37 bits per heavy atom. The number of nitrogens with one attached hydrogen (secondary N) is 1. The minimum atomic E-state index is -4.68. The van der Waals surface area contributed by atoms with Crippen LogP contribution in [0.3, 0.4) is 0 Å². The number of benzene rings is 2. The molecule has 0 saturated carbocycles. The molecule has 1 N–H and O–H groups in total. The van der Waals surface area contributed by atoms with Gasteiger partial charge in [-0.15, -0.1) is 0 Å². The van der Waals surface area contributed by atoms with Gasteiger partial charge in [-0.2, -0.15) is 13.2 Å². The van der Waals surface area contributed by atoms with Crippen LogP contribution in [0.15, 0.2) is 42.5 Å². The van der Waals surface area contributed by atoms with Crippen LogP contribution in [-0.4, -0.2) is 42.0 Å². The normalized spacial score (nSPS) is 14.5. The number of nitro groups is 1. The minimum absolute atomic E-state index is 0.0100. The number of anilines is 1. The number of urea groups is 1. The van der Waals surface area contributed by atoms with E-state index in [4.69, 9.17) is 0 Å². The van der Waals surface area contributed by atoms with E-state index in [9.17, 15) is 32.5 Å². The van der Waals surface area contributed by atoms with Crippen molar-refractivity contribution < 1.29 is 27.3 Å². The number of hydrogen-bond donors (Lipinski definition) is 1. The minimum Gasteiger partial charge on any atom is -0.362 e. The summed E-state index contributed by atoms with van der Waals surface area (Å²) in [5.41, 5.74) is -1.32. The zero-order chi connectivity index (χ0) is 21.9. The first-order valence-electron chi connectivity index (χ1n) is 9.03. The molecule has 1 saturated heterocycles. The second kappa shape index (κ2) is 8.56. The number of halogens is 4. The van der Waals surface area contributed by atoms with Gasteiger partial charge < -0.3 is 15.1 Å². The van der Waals surface area contributed by atoms with Crippen molar-refractivity contribution in [2.45, 2.75) is 12.7 Å². The molecular formula is C19H18F4N4O3. The maximum absolute atomic E-state index is 13.6. The number of alkyl halides is 3. The topological polar surface area (TPSA) is 78.7 Å². The van der Waals surface area contributed by atoms with Crippen molar-refractivity contribution in [1.29, 1.82) is 0 Å². The standard InChI is InChI=1S/C19H18F4N4O3/c20-15-4-2-1-3-13(15)12-24-18(28)26-9-7-25(8-10-26)16-6-5-14(19(21,22)23)11-17(16)27(29)30/h1-6,11H,7-10,12H2,(H,24,28). The highest BCUT2D eigenvalue weighted by atomic mass is 19.4. The third kappa shape index (κ3) is 4.78. The lowest BCUT2D eigenvalue weighted by Crippen LogP contribution is -2.51. The number of nitrogens with zero attached hydrogens (tertiary/aromatic N) is 3. The van der Waals surface area contributed by atoms with Crippen LogP contribution in [0.5, 0.6) is 0 Å². The first kappa shape index (κ1) is 21.3. The molecule has 0 aromatic heterocycles. The van der Waals surface area contributed by atoms with Gasteiger partial charge in [0, 0.05) is 44.4 Å². The monoisotopic (exact) mass is 426 g/mol. The smallest absolute Gasteiger partial charge is 0.362 e. The summed E-state index contributed by atoms with van der Waals surface area (Å²) in [5.74, 6) is -0.433. The summed E-state index contributed by atoms with van der Waals surface area (Å²) < 4.78 is 52.2. The maximum atomic E-state index is 13.6. The molecular weight excluding hydrogens is 408 g/mol. The van der Waals surface area contributed by atoms with E-state index < -0.39 is 34.2 Å². The Bertz CT molecular complexity index is 944. The average molecular weight is 426 g/mol. The number of carbonyl (C=O) groups is 1. The quantitative estimate of drug-likeness (QED) is 0.459. The highest BCUT2D eigenvalue weighted by Crippen LogP contribution is 2.36. The van der Waals surface area contributed by atoms with Crippen LogP contribution in [0.2, 0.25) is 0 Å². The molecule has 2 aromatic rings. The predicted molar refractivity (Wildman–Crippen MR) is 101 cm³/mol. The number of nitro benzene ring substituents is 1. The number of hydrogen-bond acceptors (Lipinski definition) is 4. The molecule has 11 heteroatoms. The summed E-state index contributed by atoms with van der Waals surface area (Å²) in [4.78, 5) is 25.8. The average Bonchev–Trinajstić information content (AvgIpc) is 2.72. The van der Waals surface area contributed by atoms with Gasteiger partial charge in [-0.1, -0.05) is 18.2 Å². The molecule has 1 heterocycles. The molecule has 7 nitrogen and oxygen atoms in total. The lowest BCUT2D eigenvalue weighted by molar-refractivity contribution is -0.384. The van der Waals surface area contributed by atoms with Crippen LogP contribution >= 0.6 is 0 Å². The van der Waals surface area contributed by atoms with Gasteiger partial charge >= 0.3 is 12.2 Å². The number of piperazine rings is 1. The van der Waals surface area contributed by atoms with Crippen LogP contribution in [0.4, 0.5) is 33.7 Å². The van der Waals surface area contributed by atoms with Crippen LogP contribution in [0.1, 0.15) is 11.1 Å². The zero-order valence-corrected chi connectivity index (χ0v) is 15.7. The fourth-order valence-electron chi connectivity index (χ4n) is 3.19. The van der Waals surface area contributed by atoms with Gasteiger partial charge in [0.1, 0.15) is 11.5 Å². The van der Waals surface area contributed by atoms with E-state index in [1.54, 1.807) is 23.1 Å². The Morgan fingerprint density at radius 1 is 1.10 bits per heavy atom. The highest BCUT2D eigenvalue weighted by molar-refractivity contribution is 5.75. The summed E-state index contributed by atoms with van der Waals surface area (Å²) in [5, 5.41) is 13.9. The first-order valence-corrected chi connectivity index (χ1v) is 9.03. The van der Waals surface area contributed by atoms with Crippen LogP contribution in [0, 0.1) is 15.9 Å². The molecule has 3 rings (SSSR count). The third-order valence-corrected chi connectivity index (χ3v) is 4.79. The van der Waals surface area contributed by atoms with Crippen molar-refractivity contribution in [2.24, 2.45) is 0 Å². The van der Waals surface area contributed by atoms with Crippen molar-refractivity contribution in [3.05, 3.63) is 69.5 Å². The second-order valence-electron chi connectivity index (χ2n) is 6.68. The Kier molecular flexibility index (Phi) is 6.09. The van der Waals surface area contributed by atoms with E-state index in [0.717, 1.165) is 12.1 Å². The van der Waals surface area contributed by atoms with Crippen molar-refractivity contribution >= 4 is 17.4 Å². The second-order valence-corrected chi connectivity index (χ2v) is 6.68. The summed E-state index contributed by atoms with van der Waals surface area (Å²) in [7, 11) is 0. The Balaban J connectivity index is 1.63. The van der Waals surface area contributed by atoms with Gasteiger partial charge in [0.2, 0.25) is 0 Å². The SMILES string of the molecule is O=C(NCc1ccccc1F)N1CCN(c2ccc(C(F)(F)F)cc2[N+](=O)[O-])CC1. The van der Waals surface area contributed by atoms with Crippen molar-refractivity contribution in [3.63, 3.8) is 0 Å². The van der Waals surface area contributed by atoms with Gasteiger partial charge in [-0.25, -0.2) is 9.18 Å². The fourth-order valence-corrected chi connectivity index (χ4v) is 3.19. The van der Waals surface area contributed by atoms with Gasteiger partial charge in [0.15, 0.2) is 0 Å². The maximum Gasteiger partial charge on any atom is 0.416 e. The predicted octanol–water partition coefficient (Wildman–Crippen LogP) is 3.78. The molecule has 160 valence electrons. The fraction of sp³-hybridized carbons (Fsp3) is 0.316. The van der Waals surface area contributed by atoms with Gasteiger partial charge in [-0.3, -0.25) is 10.1 Å². The molecule has 0 aliphatic carbocycles. The van der Waals surface area contributed by atoms with E-state index in [1.807, 2.05) is 0 Å². The summed E-state index contributed by atoms with van der Waals surface area (Å²) in [6.45, 7) is 0.845. The van der Waals surface area contributed by atoms with Crippen molar-refractivity contribution in [2.75, 3.05) is 31.1 Å². The van der Waals surface area contributed by atoms with E-state index >= 15 is 0 Å². The van der Waals surface area contributed by atoms with Gasteiger partial charge in [0.25, 0.3) is 5.69 Å². The van der Waals surface area contributed by atoms with E-state index in [1.165, 1.54) is 11.0 Å². The van der Waals surface area contributed by atoms with Gasteiger partial charge in [0.05, 0.1) is 10.5 Å². The molecule has 30 heavy (non-hydrogen) atoms. The summed E-state index contributed by atoms with van der Waals surface area (Å²) in [6.07, 6.45) is -4.68. The van der Waals surface area contributed by atoms with Crippen LogP contribution in [0.25, 0.3) is 0 Å².